The summed E-state index contributed by atoms with van der Waals surface area (Å²) in [5.41, 5.74) is 0.848. The van der Waals surface area contributed by atoms with Crippen LogP contribution in [-0.2, 0) is 32.6 Å². The van der Waals surface area contributed by atoms with Crippen LogP contribution in [0.5, 0.6) is 0 Å². The van der Waals surface area contributed by atoms with Crippen molar-refractivity contribution in [3.8, 4) is 0 Å². The van der Waals surface area contributed by atoms with Gasteiger partial charge in [-0.05, 0) is 51.8 Å². The van der Waals surface area contributed by atoms with Crippen LogP contribution in [0.15, 0.2) is 48.5 Å². The second-order valence-corrected chi connectivity index (χ2v) is 11.2. The number of amides is 2. The largest absolute Gasteiger partial charge is 0.350 e. The van der Waals surface area contributed by atoms with Crippen LogP contribution in [0, 0.1) is 5.82 Å². The minimum Gasteiger partial charge on any atom is -0.350 e. The van der Waals surface area contributed by atoms with Gasteiger partial charge in [0, 0.05) is 17.6 Å². The Labute approximate surface area is 202 Å². The molecule has 1 N–H and O–H groups in total. The van der Waals surface area contributed by atoms with Crippen molar-refractivity contribution in [1.82, 2.24) is 10.2 Å². The maximum atomic E-state index is 14.4. The summed E-state index contributed by atoms with van der Waals surface area (Å²) < 4.78 is 40.8. The smallest absolute Gasteiger partial charge is 0.244 e. The number of nitrogens with zero attached hydrogens (tertiary/aromatic N) is 2. The van der Waals surface area contributed by atoms with E-state index in [1.54, 1.807) is 37.3 Å². The first-order valence-electron chi connectivity index (χ1n) is 11.1. The molecule has 0 saturated carbocycles. The van der Waals surface area contributed by atoms with Gasteiger partial charge in [0.2, 0.25) is 21.8 Å². The summed E-state index contributed by atoms with van der Waals surface area (Å²) in [5, 5.41) is 2.83. The lowest BCUT2D eigenvalue weighted by Gasteiger charge is -2.33. The van der Waals surface area contributed by atoms with Gasteiger partial charge < -0.3 is 10.2 Å². The fourth-order valence-electron chi connectivity index (χ4n) is 3.51. The van der Waals surface area contributed by atoms with Crippen LogP contribution in [0.4, 0.5) is 10.1 Å². The van der Waals surface area contributed by atoms with E-state index in [1.807, 2.05) is 27.7 Å². The van der Waals surface area contributed by atoms with E-state index in [-0.39, 0.29) is 12.1 Å². The lowest BCUT2D eigenvalue weighted by molar-refractivity contribution is -0.140. The Morgan fingerprint density at radius 3 is 2.12 bits per heavy atom. The normalized spacial score (nSPS) is 12.7. The third kappa shape index (κ3) is 7.28. The lowest BCUT2D eigenvalue weighted by atomic mass is 10.1. The van der Waals surface area contributed by atoms with E-state index in [2.05, 4.69) is 5.32 Å². The second-order valence-electron chi connectivity index (χ2n) is 9.28. The predicted octanol–water partition coefficient (Wildman–Crippen LogP) is 3.49. The van der Waals surface area contributed by atoms with Crippen molar-refractivity contribution < 1.29 is 22.4 Å². The Morgan fingerprint density at radius 1 is 1.03 bits per heavy atom. The van der Waals surface area contributed by atoms with Gasteiger partial charge in [-0.25, -0.2) is 12.8 Å². The minimum absolute atomic E-state index is 0.183. The van der Waals surface area contributed by atoms with Crippen molar-refractivity contribution in [1.29, 1.82) is 0 Å². The number of anilines is 1. The molecule has 0 saturated heterocycles. The molecule has 0 aromatic heterocycles. The molecule has 0 aliphatic rings. The topological polar surface area (TPSA) is 86.8 Å². The minimum atomic E-state index is -3.82. The molecule has 2 amide bonds. The van der Waals surface area contributed by atoms with Crippen molar-refractivity contribution in [3.05, 3.63) is 65.5 Å². The van der Waals surface area contributed by atoms with Crippen molar-refractivity contribution in [2.24, 2.45) is 0 Å². The zero-order valence-electron chi connectivity index (χ0n) is 20.6. The highest BCUT2D eigenvalue weighted by Crippen LogP contribution is 2.24. The second kappa shape index (κ2) is 11.0. The molecule has 0 fully saturated rings. The molecule has 2 rings (SSSR count). The van der Waals surface area contributed by atoms with E-state index in [9.17, 15) is 22.4 Å². The maximum absolute atomic E-state index is 14.4. The Kier molecular flexibility index (Phi) is 8.83. The molecule has 7 nitrogen and oxygen atoms in total. The van der Waals surface area contributed by atoms with E-state index in [1.165, 1.54) is 23.1 Å². The van der Waals surface area contributed by atoms with Gasteiger partial charge in [0.05, 0.1) is 11.9 Å². The number of para-hydroxylation sites is 1. The van der Waals surface area contributed by atoms with E-state index >= 15 is 0 Å². The summed E-state index contributed by atoms with van der Waals surface area (Å²) in [6.45, 7) is 8.18. The number of hydrogen-bond acceptors (Lipinski definition) is 4. The predicted molar refractivity (Wildman–Crippen MR) is 132 cm³/mol. The molecule has 2 aromatic carbocycles. The summed E-state index contributed by atoms with van der Waals surface area (Å²) in [6, 6.07) is 12.0. The van der Waals surface area contributed by atoms with Gasteiger partial charge >= 0.3 is 0 Å². The van der Waals surface area contributed by atoms with Gasteiger partial charge in [0.25, 0.3) is 0 Å². The molecule has 34 heavy (non-hydrogen) atoms. The van der Waals surface area contributed by atoms with Gasteiger partial charge in [-0.3, -0.25) is 13.9 Å². The monoisotopic (exact) mass is 491 g/mol. The number of hydrogen-bond donors (Lipinski definition) is 1. The number of carbonyl (C=O) groups is 2. The highest BCUT2D eigenvalue weighted by molar-refractivity contribution is 7.92. The van der Waals surface area contributed by atoms with Crippen LogP contribution >= 0.6 is 0 Å². The molecule has 0 heterocycles. The fourth-order valence-corrected chi connectivity index (χ4v) is 4.40. The van der Waals surface area contributed by atoms with E-state index in [4.69, 9.17) is 0 Å². The molecule has 0 aliphatic carbocycles. The van der Waals surface area contributed by atoms with Crippen LogP contribution in [0.25, 0.3) is 0 Å². The van der Waals surface area contributed by atoms with E-state index in [0.717, 1.165) is 16.1 Å². The summed E-state index contributed by atoms with van der Waals surface area (Å²) in [7, 11) is -3.82. The van der Waals surface area contributed by atoms with Crippen LogP contribution in [-0.4, -0.2) is 49.5 Å². The van der Waals surface area contributed by atoms with Crippen molar-refractivity contribution in [2.75, 3.05) is 17.1 Å². The number of rotatable bonds is 9. The van der Waals surface area contributed by atoms with Crippen LogP contribution < -0.4 is 9.62 Å². The van der Waals surface area contributed by atoms with Gasteiger partial charge in [-0.1, -0.05) is 43.3 Å². The van der Waals surface area contributed by atoms with Gasteiger partial charge in [-0.15, -0.1) is 0 Å². The SMILES string of the molecule is CCc1ccccc1N(CC(=O)N(Cc1ccccc1F)C(C)C(=O)NC(C)(C)C)S(C)(=O)=O. The highest BCUT2D eigenvalue weighted by Gasteiger charge is 2.32. The van der Waals surface area contributed by atoms with E-state index in [0.29, 0.717) is 12.1 Å². The number of carbonyl (C=O) groups excluding carboxylic acids is 2. The molecule has 9 heteroatoms. The Hall–Kier alpha value is -2.94. The van der Waals surface area contributed by atoms with Gasteiger partial charge in [-0.2, -0.15) is 0 Å². The van der Waals surface area contributed by atoms with Crippen molar-refractivity contribution in [3.63, 3.8) is 0 Å². The number of halogens is 1. The maximum Gasteiger partial charge on any atom is 0.244 e. The number of sulfonamides is 1. The number of benzene rings is 2. The lowest BCUT2D eigenvalue weighted by Crippen LogP contribution is -2.54. The van der Waals surface area contributed by atoms with Crippen LogP contribution in [0.1, 0.15) is 45.7 Å². The first kappa shape index (κ1) is 27.3. The zero-order valence-corrected chi connectivity index (χ0v) is 21.4. The summed E-state index contributed by atoms with van der Waals surface area (Å²) >= 11 is 0. The third-order valence-electron chi connectivity index (χ3n) is 5.28. The zero-order chi connectivity index (χ0) is 25.7. The molecule has 1 unspecified atom stereocenters. The highest BCUT2D eigenvalue weighted by atomic mass is 32.2. The number of aryl methyl sites for hydroxylation is 1. The van der Waals surface area contributed by atoms with Gasteiger partial charge in [0.15, 0.2) is 0 Å². The number of nitrogens with one attached hydrogen (secondary N) is 1. The van der Waals surface area contributed by atoms with Gasteiger partial charge in [0.1, 0.15) is 18.4 Å². The standard InChI is InChI=1S/C25H34FN3O4S/c1-7-19-12-9-11-15-22(19)29(34(6,32)33)17-23(30)28(16-20-13-8-10-14-21(20)26)18(2)24(31)27-25(3,4)5/h8-15,18H,7,16-17H2,1-6H3,(H,27,31). The Balaban J connectivity index is 2.46. The Bertz CT molecular complexity index is 1130. The molecule has 0 bridgehead atoms. The van der Waals surface area contributed by atoms with Crippen molar-refractivity contribution in [2.45, 2.75) is 59.2 Å². The molecule has 0 spiro atoms. The van der Waals surface area contributed by atoms with Crippen LogP contribution in [0.2, 0.25) is 0 Å². The average molecular weight is 492 g/mol. The fraction of sp³-hybridized carbons (Fsp3) is 0.440. The van der Waals surface area contributed by atoms with E-state index < -0.39 is 45.8 Å². The summed E-state index contributed by atoms with van der Waals surface area (Å²) in [5.74, 6) is -1.55. The average Bonchev–Trinajstić information content (AvgIpc) is 2.74. The first-order chi connectivity index (χ1) is 15.7. The molecule has 2 aromatic rings. The summed E-state index contributed by atoms with van der Waals surface area (Å²) in [6.07, 6.45) is 1.60. The third-order valence-corrected chi connectivity index (χ3v) is 6.41. The molecular weight excluding hydrogens is 457 g/mol. The first-order valence-corrected chi connectivity index (χ1v) is 13.0. The quantitative estimate of drug-likeness (QED) is 0.582. The van der Waals surface area contributed by atoms with Crippen LogP contribution in [0.3, 0.4) is 0 Å². The Morgan fingerprint density at radius 2 is 1.59 bits per heavy atom. The summed E-state index contributed by atoms with van der Waals surface area (Å²) in [4.78, 5) is 27.6. The molecule has 0 aliphatic heterocycles. The molecule has 0 radical (unpaired) electrons. The molecule has 186 valence electrons. The molecule has 1 atom stereocenters. The molecular formula is C25H34FN3O4S. The van der Waals surface area contributed by atoms with Crippen molar-refractivity contribution >= 4 is 27.5 Å².